The second-order valence-electron chi connectivity index (χ2n) is 6.31. The van der Waals surface area contributed by atoms with Crippen LogP contribution in [0.25, 0.3) is 6.08 Å². The van der Waals surface area contributed by atoms with Gasteiger partial charge in [0.05, 0.1) is 6.61 Å². The third-order valence-electron chi connectivity index (χ3n) is 3.80. The lowest BCUT2D eigenvalue weighted by molar-refractivity contribution is -0.140. The number of ether oxygens (including phenoxy) is 1. The van der Waals surface area contributed by atoms with E-state index in [4.69, 9.17) is 14.9 Å². The fourth-order valence-electron chi connectivity index (χ4n) is 2.27. The van der Waals surface area contributed by atoms with Gasteiger partial charge in [0.25, 0.3) is 0 Å². The van der Waals surface area contributed by atoms with E-state index in [9.17, 15) is 14.7 Å². The minimum atomic E-state index is -1.06. The SMILES string of the molecule is CC(=O)OC/C(C)=C\Cc1cc(/C=C\C(=O)O)cc(C/C=C(/C)CO)c1O. The zero-order valence-electron chi connectivity index (χ0n) is 15.9. The highest BCUT2D eigenvalue weighted by Crippen LogP contribution is 2.27. The first-order valence-corrected chi connectivity index (χ1v) is 8.54. The van der Waals surface area contributed by atoms with Gasteiger partial charge < -0.3 is 20.1 Å². The number of phenols is 1. The van der Waals surface area contributed by atoms with Crippen LogP contribution in [-0.4, -0.2) is 40.5 Å². The molecule has 6 nitrogen and oxygen atoms in total. The molecule has 0 saturated heterocycles. The summed E-state index contributed by atoms with van der Waals surface area (Å²) in [4.78, 5) is 21.7. The Morgan fingerprint density at radius 1 is 1.04 bits per heavy atom. The van der Waals surface area contributed by atoms with Crippen LogP contribution in [0.15, 0.2) is 41.5 Å². The molecule has 1 aromatic carbocycles. The molecule has 0 heterocycles. The van der Waals surface area contributed by atoms with E-state index in [1.807, 2.05) is 19.1 Å². The number of carboxylic acid groups (broad SMARTS) is 1. The molecule has 0 bridgehead atoms. The summed E-state index contributed by atoms with van der Waals surface area (Å²) in [5.41, 5.74) is 3.54. The molecule has 0 aromatic heterocycles. The number of phenolic OH excluding ortho intramolecular Hbond substituents is 1. The number of aliphatic carboxylic acids is 1. The molecule has 0 atom stereocenters. The van der Waals surface area contributed by atoms with Crippen molar-refractivity contribution in [1.82, 2.24) is 0 Å². The number of hydrogen-bond donors (Lipinski definition) is 3. The van der Waals surface area contributed by atoms with Crippen molar-refractivity contribution in [2.75, 3.05) is 13.2 Å². The van der Waals surface area contributed by atoms with Crippen molar-refractivity contribution in [2.45, 2.75) is 33.6 Å². The van der Waals surface area contributed by atoms with Gasteiger partial charge >= 0.3 is 11.9 Å². The topological polar surface area (TPSA) is 104 Å². The zero-order valence-corrected chi connectivity index (χ0v) is 15.9. The maximum atomic E-state index is 10.9. The standard InChI is InChI=1S/C21H26O6/c1-14(12-22)4-7-18-10-17(6-9-20(24)25)11-19(21(18)26)8-5-15(2)13-27-16(3)23/h4-6,9-11,22,26H,7-8,12-13H2,1-3H3,(H,24,25)/b9-6-,14-4-,15-5-. The smallest absolute Gasteiger partial charge is 0.328 e. The number of carbonyl (C=O) groups is 2. The second-order valence-corrected chi connectivity index (χ2v) is 6.31. The summed E-state index contributed by atoms with van der Waals surface area (Å²) in [5, 5.41) is 28.5. The fraction of sp³-hybridized carbons (Fsp3) is 0.333. The Bertz CT molecular complexity index is 771. The highest BCUT2D eigenvalue weighted by atomic mass is 16.5. The van der Waals surface area contributed by atoms with Gasteiger partial charge in [0, 0.05) is 13.0 Å². The lowest BCUT2D eigenvalue weighted by atomic mass is 9.98. The molecule has 0 spiro atoms. The molecule has 0 radical (unpaired) electrons. The molecule has 3 N–H and O–H groups in total. The zero-order chi connectivity index (χ0) is 20.4. The molecule has 0 fully saturated rings. The average molecular weight is 374 g/mol. The number of aliphatic hydroxyl groups is 1. The molecular formula is C21H26O6. The number of rotatable bonds is 9. The lowest BCUT2D eigenvalue weighted by Crippen LogP contribution is -2.02. The maximum Gasteiger partial charge on any atom is 0.328 e. The molecule has 1 rings (SSSR count). The molecule has 0 aliphatic carbocycles. The minimum Gasteiger partial charge on any atom is -0.507 e. The fourth-order valence-corrected chi connectivity index (χ4v) is 2.27. The van der Waals surface area contributed by atoms with Crippen molar-refractivity contribution >= 4 is 18.0 Å². The van der Waals surface area contributed by atoms with E-state index in [0.29, 0.717) is 29.5 Å². The molecule has 0 saturated carbocycles. The van der Waals surface area contributed by atoms with Crippen LogP contribution < -0.4 is 0 Å². The van der Waals surface area contributed by atoms with E-state index in [2.05, 4.69) is 0 Å². The van der Waals surface area contributed by atoms with Gasteiger partial charge in [-0.1, -0.05) is 17.7 Å². The summed E-state index contributed by atoms with van der Waals surface area (Å²) >= 11 is 0. The van der Waals surface area contributed by atoms with E-state index in [1.54, 1.807) is 19.1 Å². The number of carbonyl (C=O) groups excluding carboxylic acids is 1. The number of allylic oxidation sites excluding steroid dienone is 2. The Labute approximate surface area is 159 Å². The number of benzene rings is 1. The van der Waals surface area contributed by atoms with E-state index < -0.39 is 5.97 Å². The first kappa shape index (κ1) is 22.2. The van der Waals surface area contributed by atoms with Crippen LogP contribution in [0.3, 0.4) is 0 Å². The first-order valence-electron chi connectivity index (χ1n) is 8.54. The largest absolute Gasteiger partial charge is 0.507 e. The Morgan fingerprint density at radius 2 is 1.59 bits per heavy atom. The normalized spacial score (nSPS) is 12.4. The molecule has 0 amide bonds. The van der Waals surface area contributed by atoms with Gasteiger partial charge in [-0.25, -0.2) is 4.79 Å². The highest BCUT2D eigenvalue weighted by Gasteiger charge is 2.09. The number of aromatic hydroxyl groups is 1. The third kappa shape index (κ3) is 8.37. The summed E-state index contributed by atoms with van der Waals surface area (Å²) in [7, 11) is 0. The molecule has 0 aliphatic heterocycles. The second kappa shape index (κ2) is 11.0. The van der Waals surface area contributed by atoms with Gasteiger partial charge in [-0.15, -0.1) is 0 Å². The summed E-state index contributed by atoms with van der Waals surface area (Å²) in [5.74, 6) is -1.29. The van der Waals surface area contributed by atoms with Crippen LogP contribution in [0.4, 0.5) is 0 Å². The van der Waals surface area contributed by atoms with E-state index in [1.165, 1.54) is 13.0 Å². The first-order chi connectivity index (χ1) is 12.7. The lowest BCUT2D eigenvalue weighted by Gasteiger charge is -2.11. The quantitative estimate of drug-likeness (QED) is 0.349. The van der Waals surface area contributed by atoms with Crippen LogP contribution in [0.5, 0.6) is 5.75 Å². The number of esters is 1. The van der Waals surface area contributed by atoms with Crippen LogP contribution in [-0.2, 0) is 27.2 Å². The van der Waals surface area contributed by atoms with Crippen LogP contribution in [0.1, 0.15) is 37.5 Å². The van der Waals surface area contributed by atoms with Gasteiger partial charge in [-0.3, -0.25) is 4.79 Å². The molecule has 6 heteroatoms. The molecule has 0 unspecified atom stereocenters. The van der Waals surface area contributed by atoms with Crippen molar-refractivity contribution < 1.29 is 29.6 Å². The van der Waals surface area contributed by atoms with Crippen molar-refractivity contribution in [2.24, 2.45) is 0 Å². The molecule has 27 heavy (non-hydrogen) atoms. The summed E-state index contributed by atoms with van der Waals surface area (Å²) < 4.78 is 4.93. The maximum absolute atomic E-state index is 10.9. The summed E-state index contributed by atoms with van der Waals surface area (Å²) in [6.45, 7) is 5.06. The van der Waals surface area contributed by atoms with Crippen molar-refractivity contribution in [3.63, 3.8) is 0 Å². The van der Waals surface area contributed by atoms with Crippen LogP contribution in [0.2, 0.25) is 0 Å². The molecule has 146 valence electrons. The van der Waals surface area contributed by atoms with Crippen LogP contribution in [0, 0.1) is 0 Å². The van der Waals surface area contributed by atoms with Gasteiger partial charge in [0.1, 0.15) is 12.4 Å². The molecule has 1 aromatic rings. The molecular weight excluding hydrogens is 348 g/mol. The van der Waals surface area contributed by atoms with Gasteiger partial charge in [-0.05, 0) is 67.2 Å². The number of hydrogen-bond acceptors (Lipinski definition) is 5. The van der Waals surface area contributed by atoms with Crippen LogP contribution >= 0.6 is 0 Å². The van der Waals surface area contributed by atoms with Gasteiger partial charge in [0.2, 0.25) is 0 Å². The minimum absolute atomic E-state index is 0.0652. The Balaban J connectivity index is 3.15. The van der Waals surface area contributed by atoms with E-state index in [-0.39, 0.29) is 24.9 Å². The van der Waals surface area contributed by atoms with Gasteiger partial charge in [0.15, 0.2) is 0 Å². The Kier molecular flexibility index (Phi) is 9.02. The Morgan fingerprint density at radius 3 is 2.07 bits per heavy atom. The number of aliphatic hydroxyl groups excluding tert-OH is 1. The summed E-state index contributed by atoms with van der Waals surface area (Å²) in [6, 6.07) is 3.44. The van der Waals surface area contributed by atoms with Gasteiger partial charge in [-0.2, -0.15) is 0 Å². The molecule has 0 aliphatic rings. The van der Waals surface area contributed by atoms with Crippen molar-refractivity contribution in [1.29, 1.82) is 0 Å². The predicted octanol–water partition coefficient (Wildman–Crippen LogP) is 3.02. The van der Waals surface area contributed by atoms with E-state index >= 15 is 0 Å². The third-order valence-corrected chi connectivity index (χ3v) is 3.80. The van der Waals surface area contributed by atoms with Crippen molar-refractivity contribution in [3.8, 4) is 5.75 Å². The summed E-state index contributed by atoms with van der Waals surface area (Å²) in [6.07, 6.45) is 6.98. The highest BCUT2D eigenvalue weighted by molar-refractivity contribution is 5.85. The Hall–Kier alpha value is -2.86. The monoisotopic (exact) mass is 374 g/mol. The number of carboxylic acids is 1. The van der Waals surface area contributed by atoms with Crippen molar-refractivity contribution in [3.05, 3.63) is 58.2 Å². The predicted molar refractivity (Wildman–Crippen MR) is 103 cm³/mol. The average Bonchev–Trinajstić information content (AvgIpc) is 2.62. The van der Waals surface area contributed by atoms with E-state index in [0.717, 1.165) is 17.2 Å².